The van der Waals surface area contributed by atoms with Crippen LogP contribution >= 0.6 is 0 Å². The highest BCUT2D eigenvalue weighted by Gasteiger charge is 2.24. The number of nitrogen functional groups attached to an aromatic ring is 1. The van der Waals surface area contributed by atoms with Gasteiger partial charge in [-0.25, -0.2) is 21.9 Å². The van der Waals surface area contributed by atoms with Crippen LogP contribution in [0.2, 0.25) is 0 Å². The Hall–Kier alpha value is -1.25. The molecular formula is C11H16F2N2O3S. The van der Waals surface area contributed by atoms with Crippen LogP contribution in [-0.2, 0) is 10.0 Å². The van der Waals surface area contributed by atoms with E-state index in [4.69, 9.17) is 5.73 Å². The Morgan fingerprint density at radius 3 is 2.37 bits per heavy atom. The van der Waals surface area contributed by atoms with Crippen LogP contribution in [0.1, 0.15) is 19.8 Å². The zero-order valence-corrected chi connectivity index (χ0v) is 11.2. The molecule has 5 nitrogen and oxygen atoms in total. The van der Waals surface area contributed by atoms with E-state index >= 15 is 0 Å². The minimum Gasteiger partial charge on any atom is -0.399 e. The van der Waals surface area contributed by atoms with E-state index in [1.165, 1.54) is 0 Å². The van der Waals surface area contributed by atoms with Crippen LogP contribution in [0, 0.1) is 11.6 Å². The third kappa shape index (κ3) is 4.12. The van der Waals surface area contributed by atoms with Crippen LogP contribution in [0.4, 0.5) is 14.5 Å². The van der Waals surface area contributed by atoms with Crippen molar-refractivity contribution < 1.29 is 22.3 Å². The molecule has 0 spiro atoms. The van der Waals surface area contributed by atoms with Gasteiger partial charge < -0.3 is 10.8 Å². The molecule has 1 aromatic rings. The lowest BCUT2D eigenvalue weighted by Crippen LogP contribution is -2.28. The maximum absolute atomic E-state index is 13.5. The fraction of sp³-hybridized carbons (Fsp3) is 0.455. The van der Waals surface area contributed by atoms with Gasteiger partial charge in [-0.3, -0.25) is 0 Å². The smallest absolute Gasteiger partial charge is 0.246 e. The fourth-order valence-electron chi connectivity index (χ4n) is 1.47. The van der Waals surface area contributed by atoms with Crippen molar-refractivity contribution in [3.63, 3.8) is 0 Å². The Kier molecular flexibility index (Phi) is 5.21. The fourth-order valence-corrected chi connectivity index (χ4v) is 2.63. The number of sulfonamides is 1. The first kappa shape index (κ1) is 15.8. The number of nitrogens with one attached hydrogen (secondary N) is 1. The molecule has 0 aromatic heterocycles. The van der Waals surface area contributed by atoms with E-state index in [9.17, 15) is 22.3 Å². The van der Waals surface area contributed by atoms with Gasteiger partial charge in [0.1, 0.15) is 11.6 Å². The van der Waals surface area contributed by atoms with E-state index in [2.05, 4.69) is 0 Å². The molecule has 8 heteroatoms. The molecule has 108 valence electrons. The molecule has 0 aliphatic rings. The first-order chi connectivity index (χ1) is 8.77. The van der Waals surface area contributed by atoms with Gasteiger partial charge in [0.15, 0.2) is 4.90 Å². The van der Waals surface area contributed by atoms with Crippen molar-refractivity contribution in [2.75, 3.05) is 12.3 Å². The highest BCUT2D eigenvalue weighted by Crippen LogP contribution is 2.21. The van der Waals surface area contributed by atoms with Gasteiger partial charge in [0.05, 0.1) is 6.10 Å². The summed E-state index contributed by atoms with van der Waals surface area (Å²) in [4.78, 5) is -1.06. The van der Waals surface area contributed by atoms with Crippen molar-refractivity contribution in [1.82, 2.24) is 4.72 Å². The molecule has 0 saturated heterocycles. The summed E-state index contributed by atoms with van der Waals surface area (Å²) in [5.41, 5.74) is 5.00. The SMILES string of the molecule is CCC(O)CCNS(=O)(=O)c1c(F)cc(N)cc1F. The van der Waals surface area contributed by atoms with Gasteiger partial charge >= 0.3 is 0 Å². The molecule has 0 aliphatic carbocycles. The summed E-state index contributed by atoms with van der Waals surface area (Å²) in [5, 5.41) is 9.27. The summed E-state index contributed by atoms with van der Waals surface area (Å²) in [6.07, 6.45) is -0.0379. The maximum Gasteiger partial charge on any atom is 0.246 e. The van der Waals surface area contributed by atoms with Crippen molar-refractivity contribution >= 4 is 15.7 Å². The number of hydrogen-bond donors (Lipinski definition) is 3. The molecule has 1 unspecified atom stereocenters. The minimum absolute atomic E-state index is 0.111. The second-order valence-corrected chi connectivity index (χ2v) is 5.77. The number of benzene rings is 1. The molecular weight excluding hydrogens is 278 g/mol. The van der Waals surface area contributed by atoms with Crippen molar-refractivity contribution in [2.24, 2.45) is 0 Å². The Labute approximate surface area is 110 Å². The van der Waals surface area contributed by atoms with Gasteiger partial charge in [0.25, 0.3) is 0 Å². The average molecular weight is 294 g/mol. The van der Waals surface area contributed by atoms with Gasteiger partial charge in [-0.05, 0) is 25.0 Å². The number of rotatable bonds is 6. The van der Waals surface area contributed by atoms with Crippen LogP contribution < -0.4 is 10.5 Å². The molecule has 1 aromatic carbocycles. The predicted octanol–water partition coefficient (Wildman–Crippen LogP) is 0.986. The first-order valence-corrected chi connectivity index (χ1v) is 7.18. The second-order valence-electron chi connectivity index (χ2n) is 4.06. The summed E-state index contributed by atoms with van der Waals surface area (Å²) >= 11 is 0. The van der Waals surface area contributed by atoms with Gasteiger partial charge in [-0.1, -0.05) is 6.92 Å². The van der Waals surface area contributed by atoms with E-state index in [-0.39, 0.29) is 18.7 Å². The quantitative estimate of drug-likeness (QED) is 0.682. The standard InChI is InChI=1S/C11H16F2N2O3S/c1-2-8(16)3-4-15-19(17,18)11-9(12)5-7(14)6-10(11)13/h5-6,8,15-16H,2-4,14H2,1H3. The number of hydrogen-bond acceptors (Lipinski definition) is 4. The van der Waals surface area contributed by atoms with Crippen molar-refractivity contribution in [2.45, 2.75) is 30.8 Å². The lowest BCUT2D eigenvalue weighted by atomic mass is 10.2. The summed E-state index contributed by atoms with van der Waals surface area (Å²) in [6, 6.07) is 1.47. The second kappa shape index (κ2) is 6.27. The molecule has 0 heterocycles. The molecule has 0 saturated carbocycles. The largest absolute Gasteiger partial charge is 0.399 e. The van der Waals surface area contributed by atoms with Crippen molar-refractivity contribution in [3.8, 4) is 0 Å². The topological polar surface area (TPSA) is 92.4 Å². The van der Waals surface area contributed by atoms with Gasteiger partial charge in [-0.2, -0.15) is 0 Å². The Bertz CT molecular complexity index is 526. The number of aliphatic hydroxyl groups excluding tert-OH is 1. The van der Waals surface area contributed by atoms with Gasteiger partial charge in [-0.15, -0.1) is 0 Å². The lowest BCUT2D eigenvalue weighted by Gasteiger charge is -2.11. The monoisotopic (exact) mass is 294 g/mol. The molecule has 0 amide bonds. The summed E-state index contributed by atoms with van der Waals surface area (Å²) in [6.45, 7) is 1.62. The molecule has 4 N–H and O–H groups in total. The molecule has 0 fully saturated rings. The molecule has 1 rings (SSSR count). The molecule has 0 aliphatic heterocycles. The van der Waals surface area contributed by atoms with E-state index in [1.807, 2.05) is 4.72 Å². The van der Waals surface area contributed by atoms with E-state index in [0.717, 1.165) is 12.1 Å². The number of nitrogens with two attached hydrogens (primary N) is 1. The first-order valence-electron chi connectivity index (χ1n) is 5.70. The summed E-state index contributed by atoms with van der Waals surface area (Å²) < 4.78 is 52.5. The molecule has 0 bridgehead atoms. The highest BCUT2D eigenvalue weighted by molar-refractivity contribution is 7.89. The van der Waals surface area contributed by atoms with Gasteiger partial charge in [0, 0.05) is 12.2 Å². The summed E-state index contributed by atoms with van der Waals surface area (Å²) in [5.74, 6) is -2.50. The van der Waals surface area contributed by atoms with Crippen molar-refractivity contribution in [3.05, 3.63) is 23.8 Å². The van der Waals surface area contributed by atoms with E-state index in [0.29, 0.717) is 6.42 Å². The zero-order chi connectivity index (χ0) is 14.6. The third-order valence-electron chi connectivity index (χ3n) is 2.53. The van der Waals surface area contributed by atoms with Gasteiger partial charge in [0.2, 0.25) is 10.0 Å². The van der Waals surface area contributed by atoms with E-state index < -0.39 is 32.7 Å². The van der Waals surface area contributed by atoms with Crippen LogP contribution in [0.15, 0.2) is 17.0 Å². The maximum atomic E-state index is 13.5. The molecule has 19 heavy (non-hydrogen) atoms. The highest BCUT2D eigenvalue weighted by atomic mass is 32.2. The Balaban J connectivity index is 2.89. The Morgan fingerprint density at radius 1 is 1.37 bits per heavy atom. The normalized spacial score (nSPS) is 13.5. The van der Waals surface area contributed by atoms with E-state index in [1.54, 1.807) is 6.92 Å². The number of halogens is 2. The number of aliphatic hydroxyl groups is 1. The van der Waals surface area contributed by atoms with Crippen LogP contribution in [0.5, 0.6) is 0 Å². The van der Waals surface area contributed by atoms with Crippen molar-refractivity contribution in [1.29, 1.82) is 0 Å². The Morgan fingerprint density at radius 2 is 1.89 bits per heavy atom. The minimum atomic E-state index is -4.31. The number of anilines is 1. The van der Waals surface area contributed by atoms with Crippen LogP contribution in [-0.4, -0.2) is 26.2 Å². The summed E-state index contributed by atoms with van der Waals surface area (Å²) in [7, 11) is -4.31. The average Bonchev–Trinajstić information content (AvgIpc) is 2.26. The third-order valence-corrected chi connectivity index (χ3v) is 4.04. The predicted molar refractivity (Wildman–Crippen MR) is 66.9 cm³/mol. The van der Waals surface area contributed by atoms with Crippen LogP contribution in [0.3, 0.4) is 0 Å². The lowest BCUT2D eigenvalue weighted by molar-refractivity contribution is 0.162. The molecule has 1 atom stereocenters. The zero-order valence-electron chi connectivity index (χ0n) is 10.4. The molecule has 0 radical (unpaired) electrons. The van der Waals surface area contributed by atoms with Crippen LogP contribution in [0.25, 0.3) is 0 Å².